The molecule has 0 unspecified atom stereocenters. The molecule has 28 heavy (non-hydrogen) atoms. The van der Waals surface area contributed by atoms with Crippen molar-refractivity contribution in [2.75, 3.05) is 30.8 Å². The average molecular weight is 401 g/mol. The monoisotopic (exact) mass is 400 g/mol. The van der Waals surface area contributed by atoms with E-state index in [1.807, 2.05) is 60.4 Å². The van der Waals surface area contributed by atoms with Crippen LogP contribution in [0.15, 0.2) is 48.5 Å². The van der Waals surface area contributed by atoms with Crippen LogP contribution in [0.2, 0.25) is 0 Å². The second-order valence-electron chi connectivity index (χ2n) is 6.31. The van der Waals surface area contributed by atoms with E-state index in [1.54, 1.807) is 11.8 Å². The van der Waals surface area contributed by atoms with Gasteiger partial charge in [0, 0.05) is 12.6 Å². The topological polar surface area (TPSA) is 67.9 Å². The van der Waals surface area contributed by atoms with Gasteiger partial charge in [0.05, 0.1) is 18.9 Å². The zero-order chi connectivity index (χ0) is 19.9. The zero-order valence-electron chi connectivity index (χ0n) is 16.0. The van der Waals surface area contributed by atoms with Crippen LogP contribution >= 0.6 is 11.8 Å². The first-order valence-electron chi connectivity index (χ1n) is 9.21. The molecular weight excluding hydrogens is 376 g/mol. The molecule has 3 rings (SSSR count). The van der Waals surface area contributed by atoms with Crippen LogP contribution in [0, 0.1) is 0 Å². The molecule has 1 N–H and O–H groups in total. The van der Waals surface area contributed by atoms with Gasteiger partial charge in [0.15, 0.2) is 0 Å². The Morgan fingerprint density at radius 1 is 1.11 bits per heavy atom. The standard InChI is InChI=1S/C21H24N2O4S/c1-3-26-18-8-10-19(11-9-18)27-13-12-23-20(25)14-28-21(23)16-4-6-17(7-5-16)22-15(2)24/h4-11,21H,3,12-14H2,1-2H3,(H,22,24)/t21-/m0/s1. The maximum atomic E-state index is 12.3. The number of rotatable bonds is 8. The molecule has 148 valence electrons. The van der Waals surface area contributed by atoms with Crippen molar-refractivity contribution in [1.82, 2.24) is 4.90 Å². The van der Waals surface area contributed by atoms with E-state index in [9.17, 15) is 9.59 Å². The molecule has 1 heterocycles. The maximum Gasteiger partial charge on any atom is 0.233 e. The Hall–Kier alpha value is -2.67. The predicted molar refractivity (Wildman–Crippen MR) is 111 cm³/mol. The summed E-state index contributed by atoms with van der Waals surface area (Å²) in [4.78, 5) is 25.3. The third-order valence-electron chi connectivity index (χ3n) is 4.22. The number of carbonyl (C=O) groups excluding carboxylic acids is 2. The van der Waals surface area contributed by atoms with Crippen molar-refractivity contribution in [2.24, 2.45) is 0 Å². The number of amides is 2. The molecule has 1 saturated heterocycles. The number of carbonyl (C=O) groups is 2. The van der Waals surface area contributed by atoms with Crippen molar-refractivity contribution in [2.45, 2.75) is 19.2 Å². The van der Waals surface area contributed by atoms with Crippen molar-refractivity contribution in [3.63, 3.8) is 0 Å². The van der Waals surface area contributed by atoms with E-state index >= 15 is 0 Å². The highest BCUT2D eigenvalue weighted by Crippen LogP contribution is 2.38. The minimum Gasteiger partial charge on any atom is -0.494 e. The Balaban J connectivity index is 1.57. The van der Waals surface area contributed by atoms with E-state index < -0.39 is 0 Å². The number of hydrogen-bond donors (Lipinski definition) is 1. The molecule has 2 amide bonds. The van der Waals surface area contributed by atoms with Crippen LogP contribution in [-0.4, -0.2) is 42.2 Å². The van der Waals surface area contributed by atoms with E-state index in [-0.39, 0.29) is 17.2 Å². The smallest absolute Gasteiger partial charge is 0.233 e. The molecule has 0 spiro atoms. The van der Waals surface area contributed by atoms with Gasteiger partial charge in [-0.15, -0.1) is 11.8 Å². The summed E-state index contributed by atoms with van der Waals surface area (Å²) in [5.41, 5.74) is 1.78. The SMILES string of the molecule is CCOc1ccc(OCCN2C(=O)CS[C@H]2c2ccc(NC(C)=O)cc2)cc1. The van der Waals surface area contributed by atoms with Crippen molar-refractivity contribution in [1.29, 1.82) is 0 Å². The van der Waals surface area contributed by atoms with Gasteiger partial charge < -0.3 is 19.7 Å². The number of benzene rings is 2. The predicted octanol–water partition coefficient (Wildman–Crippen LogP) is 3.70. The van der Waals surface area contributed by atoms with Gasteiger partial charge in [-0.25, -0.2) is 0 Å². The highest BCUT2D eigenvalue weighted by atomic mass is 32.2. The molecule has 1 aliphatic rings. The molecule has 1 atom stereocenters. The van der Waals surface area contributed by atoms with E-state index in [4.69, 9.17) is 9.47 Å². The van der Waals surface area contributed by atoms with Crippen LogP contribution in [0.5, 0.6) is 11.5 Å². The first-order valence-corrected chi connectivity index (χ1v) is 10.3. The molecule has 2 aromatic rings. The number of thioether (sulfide) groups is 1. The summed E-state index contributed by atoms with van der Waals surface area (Å²) in [6, 6.07) is 15.1. The first-order chi connectivity index (χ1) is 13.6. The summed E-state index contributed by atoms with van der Waals surface area (Å²) in [5, 5.41) is 2.71. The third-order valence-corrected chi connectivity index (χ3v) is 5.48. The van der Waals surface area contributed by atoms with Gasteiger partial charge in [-0.3, -0.25) is 9.59 Å². The Bertz CT molecular complexity index is 808. The van der Waals surface area contributed by atoms with Crippen LogP contribution in [0.4, 0.5) is 5.69 Å². The fourth-order valence-electron chi connectivity index (χ4n) is 2.97. The van der Waals surface area contributed by atoms with Crippen molar-refractivity contribution < 1.29 is 19.1 Å². The molecular formula is C21H24N2O4S. The van der Waals surface area contributed by atoms with Crippen LogP contribution in [0.3, 0.4) is 0 Å². The van der Waals surface area contributed by atoms with Crippen LogP contribution < -0.4 is 14.8 Å². The molecule has 0 radical (unpaired) electrons. The van der Waals surface area contributed by atoms with E-state index in [0.717, 1.165) is 22.7 Å². The minimum atomic E-state index is -0.105. The Labute approximate surface area is 169 Å². The van der Waals surface area contributed by atoms with Crippen LogP contribution in [-0.2, 0) is 9.59 Å². The number of hydrogen-bond acceptors (Lipinski definition) is 5. The highest BCUT2D eigenvalue weighted by Gasteiger charge is 2.32. The highest BCUT2D eigenvalue weighted by molar-refractivity contribution is 8.00. The molecule has 0 aliphatic carbocycles. The molecule has 0 aromatic heterocycles. The number of nitrogens with one attached hydrogen (secondary N) is 1. The lowest BCUT2D eigenvalue weighted by Crippen LogP contribution is -2.32. The molecule has 0 saturated carbocycles. The second-order valence-corrected chi connectivity index (χ2v) is 7.38. The fourth-order valence-corrected chi connectivity index (χ4v) is 4.19. The Morgan fingerprint density at radius 3 is 2.36 bits per heavy atom. The molecule has 7 heteroatoms. The summed E-state index contributed by atoms with van der Waals surface area (Å²) in [6.07, 6.45) is 0. The molecule has 1 aliphatic heterocycles. The largest absolute Gasteiger partial charge is 0.494 e. The normalized spacial score (nSPS) is 16.1. The van der Waals surface area contributed by atoms with Gasteiger partial charge in [-0.1, -0.05) is 12.1 Å². The lowest BCUT2D eigenvalue weighted by Gasteiger charge is -2.24. The lowest BCUT2D eigenvalue weighted by molar-refractivity contribution is -0.128. The summed E-state index contributed by atoms with van der Waals surface area (Å²) in [6.45, 7) is 4.98. The maximum absolute atomic E-state index is 12.3. The van der Waals surface area contributed by atoms with Crippen molar-refractivity contribution in [3.8, 4) is 11.5 Å². The summed E-state index contributed by atoms with van der Waals surface area (Å²) in [5.74, 6) is 2.02. The van der Waals surface area contributed by atoms with Crippen molar-refractivity contribution in [3.05, 3.63) is 54.1 Å². The van der Waals surface area contributed by atoms with E-state index in [2.05, 4.69) is 5.32 Å². The summed E-state index contributed by atoms with van der Waals surface area (Å²) in [7, 11) is 0. The first kappa shape index (κ1) is 20.1. The van der Waals surface area contributed by atoms with Gasteiger partial charge in [-0.05, 0) is 48.9 Å². The Morgan fingerprint density at radius 2 is 1.75 bits per heavy atom. The van der Waals surface area contributed by atoms with Gasteiger partial charge in [-0.2, -0.15) is 0 Å². The van der Waals surface area contributed by atoms with E-state index in [1.165, 1.54) is 6.92 Å². The lowest BCUT2D eigenvalue weighted by atomic mass is 10.2. The fraction of sp³-hybridized carbons (Fsp3) is 0.333. The van der Waals surface area contributed by atoms with Gasteiger partial charge in [0.2, 0.25) is 11.8 Å². The Kier molecular flexibility index (Phi) is 6.81. The minimum absolute atomic E-state index is 0.0391. The van der Waals surface area contributed by atoms with Crippen molar-refractivity contribution >= 4 is 29.3 Å². The number of nitrogens with zero attached hydrogens (tertiary/aromatic N) is 1. The van der Waals surface area contributed by atoms with Gasteiger partial charge >= 0.3 is 0 Å². The van der Waals surface area contributed by atoms with Crippen LogP contribution in [0.25, 0.3) is 0 Å². The second kappa shape index (κ2) is 9.50. The molecule has 0 bridgehead atoms. The van der Waals surface area contributed by atoms with Gasteiger partial charge in [0.25, 0.3) is 0 Å². The zero-order valence-corrected chi connectivity index (χ0v) is 16.8. The quantitative estimate of drug-likeness (QED) is 0.732. The summed E-state index contributed by atoms with van der Waals surface area (Å²) >= 11 is 1.60. The van der Waals surface area contributed by atoms with Gasteiger partial charge in [0.1, 0.15) is 23.5 Å². The van der Waals surface area contributed by atoms with E-state index in [0.29, 0.717) is 25.5 Å². The number of ether oxygens (including phenoxy) is 2. The summed E-state index contributed by atoms with van der Waals surface area (Å²) < 4.78 is 11.2. The third kappa shape index (κ3) is 5.19. The molecule has 2 aromatic carbocycles. The molecule has 6 nitrogen and oxygen atoms in total. The molecule has 1 fully saturated rings. The number of anilines is 1. The average Bonchev–Trinajstić information content (AvgIpc) is 3.04. The van der Waals surface area contributed by atoms with Crippen LogP contribution in [0.1, 0.15) is 24.8 Å².